The monoisotopic (exact) mass is 293 g/mol. The standard InChI is InChI=1S/C12H19N7O2/c1-5-19-8(4)9(6(2)18-19)14-11(20)13-7(3)10-15-12(21)17-16-10/h7H,5H2,1-4H3,(H2,13,14,20)(H2,15,16,17,21)/t7-/m1/s1. The van der Waals surface area contributed by atoms with Gasteiger partial charge in [-0.25, -0.2) is 14.7 Å². The number of amides is 2. The molecule has 9 heteroatoms. The van der Waals surface area contributed by atoms with Gasteiger partial charge in [-0.2, -0.15) is 10.2 Å². The van der Waals surface area contributed by atoms with Crippen molar-refractivity contribution in [3.63, 3.8) is 0 Å². The van der Waals surface area contributed by atoms with Gasteiger partial charge in [0.25, 0.3) is 0 Å². The number of rotatable bonds is 4. The van der Waals surface area contributed by atoms with Crippen LogP contribution in [0.5, 0.6) is 0 Å². The molecule has 114 valence electrons. The molecular formula is C12H19N7O2. The second-order valence-corrected chi connectivity index (χ2v) is 4.74. The number of H-pyrrole nitrogens is 2. The first-order valence-electron chi connectivity index (χ1n) is 6.68. The molecule has 9 nitrogen and oxygen atoms in total. The van der Waals surface area contributed by atoms with Gasteiger partial charge in [-0.15, -0.1) is 0 Å². The molecule has 2 rings (SSSR count). The molecule has 2 heterocycles. The van der Waals surface area contributed by atoms with Crippen molar-refractivity contribution < 1.29 is 4.79 Å². The molecule has 0 unspecified atom stereocenters. The number of urea groups is 1. The second-order valence-electron chi connectivity index (χ2n) is 4.74. The van der Waals surface area contributed by atoms with Crippen molar-refractivity contribution in [2.24, 2.45) is 0 Å². The molecular weight excluding hydrogens is 274 g/mol. The summed E-state index contributed by atoms with van der Waals surface area (Å²) in [7, 11) is 0. The predicted molar refractivity (Wildman–Crippen MR) is 77.2 cm³/mol. The number of anilines is 1. The molecule has 0 aliphatic heterocycles. The number of nitrogens with zero attached hydrogens (tertiary/aromatic N) is 3. The SMILES string of the molecule is CCn1nc(C)c(NC(=O)N[C@H](C)c2n[nH]c(=O)[nH]2)c1C. The van der Waals surface area contributed by atoms with E-state index in [0.717, 1.165) is 17.9 Å². The minimum absolute atomic E-state index is 0.368. The van der Waals surface area contributed by atoms with Crippen LogP contribution in [0.3, 0.4) is 0 Å². The number of hydrogen-bond acceptors (Lipinski definition) is 4. The Hall–Kier alpha value is -2.58. The molecule has 0 radical (unpaired) electrons. The summed E-state index contributed by atoms with van der Waals surface area (Å²) in [5, 5.41) is 15.8. The van der Waals surface area contributed by atoms with Crippen LogP contribution in [-0.2, 0) is 6.54 Å². The summed E-state index contributed by atoms with van der Waals surface area (Å²) in [6, 6.07) is -0.806. The first-order chi connectivity index (χ1) is 9.92. The Balaban J connectivity index is 2.05. The van der Waals surface area contributed by atoms with Crippen molar-refractivity contribution in [3.05, 3.63) is 27.7 Å². The van der Waals surface area contributed by atoms with E-state index < -0.39 is 11.7 Å². The molecule has 0 fully saturated rings. The van der Waals surface area contributed by atoms with E-state index in [2.05, 4.69) is 30.9 Å². The summed E-state index contributed by atoms with van der Waals surface area (Å²) in [6.45, 7) is 8.18. The lowest BCUT2D eigenvalue weighted by Gasteiger charge is -2.12. The lowest BCUT2D eigenvalue weighted by atomic mass is 10.3. The molecule has 2 amide bonds. The minimum atomic E-state index is -0.425. The molecule has 4 N–H and O–H groups in total. The predicted octanol–water partition coefficient (Wildman–Crippen LogP) is 0.814. The molecule has 0 bridgehead atoms. The number of nitrogens with one attached hydrogen (secondary N) is 4. The van der Waals surface area contributed by atoms with Gasteiger partial charge in [-0.3, -0.25) is 9.67 Å². The number of hydrogen-bond donors (Lipinski definition) is 4. The van der Waals surface area contributed by atoms with Crippen LogP contribution in [-0.4, -0.2) is 31.0 Å². The summed E-state index contributed by atoms with van der Waals surface area (Å²) in [6.07, 6.45) is 0. The summed E-state index contributed by atoms with van der Waals surface area (Å²) in [5.41, 5.74) is 1.93. The molecule has 0 aliphatic rings. The Morgan fingerprint density at radius 3 is 2.67 bits per heavy atom. The third-order valence-electron chi connectivity index (χ3n) is 3.20. The third kappa shape index (κ3) is 3.12. The maximum Gasteiger partial charge on any atom is 0.340 e. The van der Waals surface area contributed by atoms with Gasteiger partial charge in [0.2, 0.25) is 0 Å². The van der Waals surface area contributed by atoms with Crippen LogP contribution in [0.4, 0.5) is 10.5 Å². The summed E-state index contributed by atoms with van der Waals surface area (Å²) < 4.78 is 1.82. The van der Waals surface area contributed by atoms with Crippen LogP contribution in [0.15, 0.2) is 4.79 Å². The van der Waals surface area contributed by atoms with Gasteiger partial charge in [0.05, 0.1) is 23.1 Å². The van der Waals surface area contributed by atoms with E-state index in [1.807, 2.05) is 25.5 Å². The van der Waals surface area contributed by atoms with Gasteiger partial charge in [-0.1, -0.05) is 0 Å². The highest BCUT2D eigenvalue weighted by Gasteiger charge is 2.16. The van der Waals surface area contributed by atoms with E-state index in [1.165, 1.54) is 0 Å². The maximum atomic E-state index is 12.0. The molecule has 0 saturated heterocycles. The van der Waals surface area contributed by atoms with Crippen LogP contribution >= 0.6 is 0 Å². The van der Waals surface area contributed by atoms with Gasteiger partial charge in [0.15, 0.2) is 5.82 Å². The highest BCUT2D eigenvalue weighted by Crippen LogP contribution is 2.19. The van der Waals surface area contributed by atoms with E-state index in [1.54, 1.807) is 6.92 Å². The Morgan fingerprint density at radius 2 is 2.14 bits per heavy atom. The number of carbonyl (C=O) groups excluding carboxylic acids is 1. The molecule has 0 aromatic carbocycles. The fourth-order valence-electron chi connectivity index (χ4n) is 2.09. The highest BCUT2D eigenvalue weighted by molar-refractivity contribution is 5.90. The Morgan fingerprint density at radius 1 is 1.43 bits per heavy atom. The van der Waals surface area contributed by atoms with Crippen molar-refractivity contribution in [2.45, 2.75) is 40.3 Å². The largest absolute Gasteiger partial charge is 0.340 e. The topological polar surface area (TPSA) is 120 Å². The molecule has 0 aliphatic carbocycles. The van der Waals surface area contributed by atoms with Crippen molar-refractivity contribution in [3.8, 4) is 0 Å². The smallest absolute Gasteiger partial charge is 0.328 e. The van der Waals surface area contributed by atoms with Gasteiger partial charge >= 0.3 is 11.7 Å². The average molecular weight is 293 g/mol. The van der Waals surface area contributed by atoms with Crippen LogP contribution in [0, 0.1) is 13.8 Å². The highest BCUT2D eigenvalue weighted by atomic mass is 16.2. The van der Waals surface area contributed by atoms with Gasteiger partial charge < -0.3 is 10.6 Å². The Kier molecular flexibility index (Phi) is 4.10. The summed E-state index contributed by atoms with van der Waals surface area (Å²) >= 11 is 0. The normalized spacial score (nSPS) is 12.2. The average Bonchev–Trinajstić information content (AvgIpc) is 2.97. The third-order valence-corrected chi connectivity index (χ3v) is 3.20. The molecule has 0 spiro atoms. The van der Waals surface area contributed by atoms with Crippen molar-refractivity contribution in [2.75, 3.05) is 5.32 Å². The van der Waals surface area contributed by atoms with E-state index >= 15 is 0 Å². The number of aryl methyl sites for hydroxylation is 2. The maximum absolute atomic E-state index is 12.0. The zero-order valence-corrected chi connectivity index (χ0v) is 12.4. The fraction of sp³-hybridized carbons (Fsp3) is 0.500. The van der Waals surface area contributed by atoms with E-state index in [4.69, 9.17) is 0 Å². The molecule has 2 aromatic rings. The quantitative estimate of drug-likeness (QED) is 0.666. The van der Waals surface area contributed by atoms with Crippen LogP contribution in [0.1, 0.15) is 37.1 Å². The van der Waals surface area contributed by atoms with E-state index in [9.17, 15) is 9.59 Å². The zero-order valence-electron chi connectivity index (χ0n) is 12.4. The molecule has 1 atom stereocenters. The number of aromatic nitrogens is 5. The van der Waals surface area contributed by atoms with Crippen LogP contribution in [0.2, 0.25) is 0 Å². The first kappa shape index (κ1) is 14.8. The first-order valence-corrected chi connectivity index (χ1v) is 6.68. The number of carbonyl (C=O) groups is 1. The Labute approximate surface area is 121 Å². The molecule has 0 saturated carbocycles. The van der Waals surface area contributed by atoms with Crippen molar-refractivity contribution in [1.29, 1.82) is 0 Å². The van der Waals surface area contributed by atoms with Crippen LogP contribution in [0.25, 0.3) is 0 Å². The fourth-order valence-corrected chi connectivity index (χ4v) is 2.09. The molecule has 21 heavy (non-hydrogen) atoms. The van der Waals surface area contributed by atoms with Crippen molar-refractivity contribution >= 4 is 11.7 Å². The number of aromatic amines is 2. The summed E-state index contributed by atoms with van der Waals surface area (Å²) in [4.78, 5) is 25.5. The second kappa shape index (κ2) is 5.81. The molecule has 2 aromatic heterocycles. The lowest BCUT2D eigenvalue weighted by Crippen LogP contribution is -2.32. The van der Waals surface area contributed by atoms with E-state index in [0.29, 0.717) is 11.5 Å². The zero-order chi connectivity index (χ0) is 15.6. The summed E-state index contributed by atoms with van der Waals surface area (Å²) in [5.74, 6) is 0.368. The van der Waals surface area contributed by atoms with Gasteiger partial charge in [0.1, 0.15) is 0 Å². The van der Waals surface area contributed by atoms with Crippen LogP contribution < -0.4 is 16.3 Å². The Bertz CT molecular complexity index is 697. The van der Waals surface area contributed by atoms with Gasteiger partial charge in [0, 0.05) is 6.54 Å². The van der Waals surface area contributed by atoms with Crippen molar-refractivity contribution in [1.82, 2.24) is 30.3 Å². The van der Waals surface area contributed by atoms with Gasteiger partial charge in [-0.05, 0) is 27.7 Å². The van der Waals surface area contributed by atoms with E-state index in [-0.39, 0.29) is 6.03 Å². The minimum Gasteiger partial charge on any atom is -0.328 e. The lowest BCUT2D eigenvalue weighted by molar-refractivity contribution is 0.249.